The van der Waals surface area contributed by atoms with Crippen LogP contribution in [0.5, 0.6) is 0 Å². The Morgan fingerprint density at radius 3 is 2.45 bits per heavy atom. The van der Waals surface area contributed by atoms with Crippen LogP contribution in [0, 0.1) is 17.7 Å². The van der Waals surface area contributed by atoms with E-state index in [9.17, 15) is 9.18 Å². The lowest BCUT2D eigenvalue weighted by atomic mass is 9.87. The van der Waals surface area contributed by atoms with E-state index >= 15 is 0 Å². The normalized spacial score (nSPS) is 22.9. The lowest BCUT2D eigenvalue weighted by Crippen LogP contribution is -2.49. The number of hydrogen-bond donors (Lipinski definition) is 1. The number of piperidine rings is 1. The molecule has 2 fully saturated rings. The Kier molecular flexibility index (Phi) is 7.67. The van der Waals surface area contributed by atoms with Gasteiger partial charge in [-0.3, -0.25) is 14.6 Å². The summed E-state index contributed by atoms with van der Waals surface area (Å²) in [4.78, 5) is 17.9. The average Bonchev–Trinajstić information content (AvgIpc) is 2.80. The first kappa shape index (κ1) is 21.9. The van der Waals surface area contributed by atoms with Crippen molar-refractivity contribution in [2.75, 3.05) is 45.9 Å². The Balaban J connectivity index is 1.38. The predicted octanol–water partition coefficient (Wildman–Crippen LogP) is 2.91. The summed E-state index contributed by atoms with van der Waals surface area (Å²) in [6.07, 6.45) is 0.901. The van der Waals surface area contributed by atoms with Gasteiger partial charge in [-0.15, -0.1) is 0 Å². The van der Waals surface area contributed by atoms with Crippen LogP contribution in [0.25, 0.3) is 0 Å². The molecule has 4 rings (SSSR count). The number of morpholine rings is 1. The molecule has 0 aliphatic carbocycles. The molecule has 1 N–H and O–H groups in total. The first-order valence-electron chi connectivity index (χ1n) is 11.2. The molecular weight excluding hydrogens is 393 g/mol. The second-order valence-corrected chi connectivity index (χ2v) is 8.74. The van der Waals surface area contributed by atoms with Crippen molar-refractivity contribution >= 4 is 5.91 Å². The number of halogens is 1. The maximum Gasteiger partial charge on any atom is 0.224 e. The summed E-state index contributed by atoms with van der Waals surface area (Å²) in [7, 11) is 0. The Morgan fingerprint density at radius 2 is 1.71 bits per heavy atom. The van der Waals surface area contributed by atoms with Crippen molar-refractivity contribution in [3.05, 3.63) is 71.5 Å². The quantitative estimate of drug-likeness (QED) is 0.741. The molecule has 1 amide bonds. The number of hydrogen-bond acceptors (Lipinski definition) is 4. The molecule has 31 heavy (non-hydrogen) atoms. The van der Waals surface area contributed by atoms with Crippen LogP contribution in [-0.4, -0.2) is 61.6 Å². The maximum absolute atomic E-state index is 13.1. The number of nitrogens with one attached hydrogen (secondary N) is 1. The van der Waals surface area contributed by atoms with E-state index in [0.717, 1.165) is 64.5 Å². The van der Waals surface area contributed by atoms with Gasteiger partial charge in [0.1, 0.15) is 5.82 Å². The minimum absolute atomic E-state index is 0.0380. The lowest BCUT2D eigenvalue weighted by molar-refractivity contribution is -0.128. The maximum atomic E-state index is 13.1. The smallest absolute Gasteiger partial charge is 0.224 e. The van der Waals surface area contributed by atoms with E-state index in [-0.39, 0.29) is 17.6 Å². The fourth-order valence-electron chi connectivity index (χ4n) is 4.68. The highest BCUT2D eigenvalue weighted by Gasteiger charge is 2.32. The van der Waals surface area contributed by atoms with Gasteiger partial charge < -0.3 is 10.1 Å². The number of carbonyl (C=O) groups is 1. The van der Waals surface area contributed by atoms with Gasteiger partial charge in [0, 0.05) is 45.8 Å². The van der Waals surface area contributed by atoms with E-state index in [1.807, 2.05) is 6.07 Å². The Bertz CT molecular complexity index is 824. The molecule has 0 bridgehead atoms. The van der Waals surface area contributed by atoms with Crippen LogP contribution in [-0.2, 0) is 22.6 Å². The topological polar surface area (TPSA) is 44.8 Å². The van der Waals surface area contributed by atoms with E-state index in [1.54, 1.807) is 12.1 Å². The number of benzene rings is 2. The number of amides is 1. The highest BCUT2D eigenvalue weighted by atomic mass is 19.1. The third kappa shape index (κ3) is 6.60. The minimum Gasteiger partial charge on any atom is -0.379 e. The van der Waals surface area contributed by atoms with Gasteiger partial charge in [-0.1, -0.05) is 42.5 Å². The van der Waals surface area contributed by atoms with Gasteiger partial charge in [-0.2, -0.15) is 0 Å². The zero-order valence-electron chi connectivity index (χ0n) is 18.0. The largest absolute Gasteiger partial charge is 0.379 e. The van der Waals surface area contributed by atoms with E-state index in [1.165, 1.54) is 17.7 Å². The van der Waals surface area contributed by atoms with E-state index in [4.69, 9.17) is 4.74 Å². The molecule has 2 aliphatic heterocycles. The van der Waals surface area contributed by atoms with Crippen LogP contribution in [0.1, 0.15) is 17.5 Å². The van der Waals surface area contributed by atoms with Crippen LogP contribution in [0.3, 0.4) is 0 Å². The highest BCUT2D eigenvalue weighted by Crippen LogP contribution is 2.25. The Labute approximate surface area is 184 Å². The van der Waals surface area contributed by atoms with Gasteiger partial charge in [0.2, 0.25) is 5.91 Å². The van der Waals surface area contributed by atoms with Gasteiger partial charge in [0.05, 0.1) is 19.1 Å². The molecule has 2 heterocycles. The van der Waals surface area contributed by atoms with Crippen molar-refractivity contribution in [2.45, 2.75) is 19.5 Å². The molecule has 0 unspecified atom stereocenters. The van der Waals surface area contributed by atoms with Crippen LogP contribution < -0.4 is 5.32 Å². The molecule has 0 saturated carbocycles. The fourth-order valence-corrected chi connectivity index (χ4v) is 4.68. The predicted molar refractivity (Wildman–Crippen MR) is 119 cm³/mol. The molecule has 2 aromatic carbocycles. The summed E-state index contributed by atoms with van der Waals surface area (Å²) in [6, 6.07) is 16.8. The van der Waals surface area contributed by atoms with Gasteiger partial charge in [-0.25, -0.2) is 4.39 Å². The minimum atomic E-state index is -0.259. The highest BCUT2D eigenvalue weighted by molar-refractivity contribution is 5.79. The van der Waals surface area contributed by atoms with Crippen molar-refractivity contribution in [3.63, 3.8) is 0 Å². The zero-order valence-corrected chi connectivity index (χ0v) is 18.0. The van der Waals surface area contributed by atoms with Crippen LogP contribution in [0.4, 0.5) is 4.39 Å². The van der Waals surface area contributed by atoms with E-state index in [0.29, 0.717) is 12.5 Å². The average molecular weight is 426 g/mol. The first-order valence-corrected chi connectivity index (χ1v) is 11.2. The van der Waals surface area contributed by atoms with Crippen molar-refractivity contribution in [3.8, 4) is 0 Å². The van der Waals surface area contributed by atoms with Gasteiger partial charge in [-0.05, 0) is 35.6 Å². The first-order chi connectivity index (χ1) is 15.2. The summed E-state index contributed by atoms with van der Waals surface area (Å²) in [5.74, 6) is 0.250. The molecule has 0 radical (unpaired) electrons. The second kappa shape index (κ2) is 10.8. The van der Waals surface area contributed by atoms with Gasteiger partial charge >= 0.3 is 0 Å². The summed E-state index contributed by atoms with van der Waals surface area (Å²) in [5, 5.41) is 3.08. The molecule has 5 nitrogen and oxygen atoms in total. The summed E-state index contributed by atoms with van der Waals surface area (Å²) >= 11 is 0. The molecule has 2 atom stereocenters. The Hall–Kier alpha value is -2.28. The van der Waals surface area contributed by atoms with Crippen molar-refractivity contribution < 1.29 is 13.9 Å². The van der Waals surface area contributed by atoms with Crippen molar-refractivity contribution in [1.29, 1.82) is 0 Å². The summed E-state index contributed by atoms with van der Waals surface area (Å²) in [6.45, 7) is 7.61. The number of likely N-dealkylation sites (tertiary alicyclic amines) is 1. The number of nitrogens with zero attached hydrogens (tertiary/aromatic N) is 2. The molecule has 2 aromatic rings. The molecule has 166 valence electrons. The van der Waals surface area contributed by atoms with E-state index < -0.39 is 0 Å². The SMILES string of the molecule is O=C(NCc1ccc(F)cc1)[C@@H]1C[C@H](CN2CCOCC2)CN(Cc2ccccc2)C1. The number of carbonyl (C=O) groups excluding carboxylic acids is 1. The number of rotatable bonds is 7. The summed E-state index contributed by atoms with van der Waals surface area (Å²) in [5.41, 5.74) is 2.19. The van der Waals surface area contributed by atoms with Crippen molar-refractivity contribution in [2.24, 2.45) is 11.8 Å². The summed E-state index contributed by atoms with van der Waals surface area (Å²) < 4.78 is 18.6. The monoisotopic (exact) mass is 425 g/mol. The zero-order chi connectivity index (χ0) is 21.5. The second-order valence-electron chi connectivity index (χ2n) is 8.74. The Morgan fingerprint density at radius 1 is 0.968 bits per heavy atom. The van der Waals surface area contributed by atoms with Crippen molar-refractivity contribution in [1.82, 2.24) is 15.1 Å². The van der Waals surface area contributed by atoms with Gasteiger partial charge in [0.25, 0.3) is 0 Å². The van der Waals surface area contributed by atoms with Crippen LogP contribution in [0.2, 0.25) is 0 Å². The lowest BCUT2D eigenvalue weighted by Gasteiger charge is -2.40. The molecule has 6 heteroatoms. The van der Waals surface area contributed by atoms with Crippen LogP contribution in [0.15, 0.2) is 54.6 Å². The number of ether oxygens (including phenoxy) is 1. The van der Waals surface area contributed by atoms with E-state index in [2.05, 4.69) is 39.4 Å². The van der Waals surface area contributed by atoms with Gasteiger partial charge in [0.15, 0.2) is 0 Å². The molecule has 0 spiro atoms. The third-order valence-electron chi connectivity index (χ3n) is 6.23. The molecule has 2 aliphatic rings. The molecular formula is C25H32FN3O2. The standard InChI is InChI=1S/C25H32FN3O2/c26-24-8-6-20(7-9-24)15-27-25(30)23-14-22(17-28-10-12-31-13-11-28)18-29(19-23)16-21-4-2-1-3-5-21/h1-9,22-23H,10-19H2,(H,27,30)/t22-,23-/m1/s1. The third-order valence-corrected chi connectivity index (χ3v) is 6.23. The molecule has 0 aromatic heterocycles. The molecule has 2 saturated heterocycles. The fraction of sp³-hybridized carbons (Fsp3) is 0.480. The van der Waals surface area contributed by atoms with Crippen LogP contribution >= 0.6 is 0 Å².